The highest BCUT2D eigenvalue weighted by Gasteiger charge is 2.13. The normalized spacial score (nSPS) is 11.1. The summed E-state index contributed by atoms with van der Waals surface area (Å²) in [5.41, 5.74) is 2.65. The molecule has 0 radical (unpaired) electrons. The van der Waals surface area contributed by atoms with Crippen molar-refractivity contribution in [3.63, 3.8) is 0 Å². The predicted molar refractivity (Wildman–Crippen MR) is 115 cm³/mol. The highest BCUT2D eigenvalue weighted by Crippen LogP contribution is 2.22. The molecule has 3 aromatic rings. The van der Waals surface area contributed by atoms with Crippen molar-refractivity contribution in [3.8, 4) is 0 Å². The molecule has 0 atom stereocenters. The van der Waals surface area contributed by atoms with Gasteiger partial charge in [0.05, 0.1) is 4.92 Å². The maximum Gasteiger partial charge on any atom is 0.269 e. The van der Waals surface area contributed by atoms with Crippen LogP contribution in [0.4, 0.5) is 11.4 Å². The van der Waals surface area contributed by atoms with Gasteiger partial charge >= 0.3 is 0 Å². The lowest BCUT2D eigenvalue weighted by Crippen LogP contribution is -2.13. The van der Waals surface area contributed by atoms with E-state index in [0.29, 0.717) is 16.8 Å². The van der Waals surface area contributed by atoms with Crippen molar-refractivity contribution < 1.29 is 9.72 Å². The maximum atomic E-state index is 12.9. The second-order valence-corrected chi connectivity index (χ2v) is 6.98. The fourth-order valence-corrected chi connectivity index (χ4v) is 2.85. The lowest BCUT2D eigenvalue weighted by atomic mass is 10.0. The van der Waals surface area contributed by atoms with Gasteiger partial charge in [-0.25, -0.2) is 0 Å². The molecule has 1 amide bonds. The summed E-state index contributed by atoms with van der Waals surface area (Å²) < 4.78 is 1.08. The Morgan fingerprint density at radius 2 is 1.56 bits per heavy atom. The van der Waals surface area contributed by atoms with Crippen LogP contribution in [0.3, 0.4) is 0 Å². The van der Waals surface area contributed by atoms with Gasteiger partial charge in [-0.05, 0) is 76.2 Å². The smallest absolute Gasteiger partial charge is 0.269 e. The van der Waals surface area contributed by atoms with Crippen molar-refractivity contribution in [2.24, 2.45) is 0 Å². The molecule has 0 saturated carbocycles. The summed E-state index contributed by atoms with van der Waals surface area (Å²) in [4.78, 5) is 23.3. The number of nitrogens with one attached hydrogen (secondary N) is 1. The van der Waals surface area contributed by atoms with Crippen LogP contribution in [0, 0.1) is 13.7 Å². The van der Waals surface area contributed by atoms with Crippen molar-refractivity contribution >= 4 is 51.5 Å². The molecule has 3 aromatic carbocycles. The largest absolute Gasteiger partial charge is 0.322 e. The third kappa shape index (κ3) is 5.01. The molecule has 0 unspecified atom stereocenters. The molecule has 27 heavy (non-hydrogen) atoms. The summed E-state index contributed by atoms with van der Waals surface area (Å²) in [6, 6.07) is 22.9. The predicted octanol–water partition coefficient (Wildman–Crippen LogP) is 5.38. The number of rotatable bonds is 5. The Balaban J connectivity index is 1.94. The van der Waals surface area contributed by atoms with E-state index in [0.717, 1.165) is 9.13 Å². The van der Waals surface area contributed by atoms with Gasteiger partial charge in [0.15, 0.2) is 0 Å². The molecule has 0 fully saturated rings. The highest BCUT2D eigenvalue weighted by molar-refractivity contribution is 14.1. The molecule has 0 aromatic heterocycles. The van der Waals surface area contributed by atoms with Crippen LogP contribution in [0.5, 0.6) is 0 Å². The first-order valence-corrected chi connectivity index (χ1v) is 9.19. The molecule has 5 nitrogen and oxygen atoms in total. The molecule has 0 heterocycles. The van der Waals surface area contributed by atoms with Gasteiger partial charge in [0.25, 0.3) is 11.6 Å². The fraction of sp³-hybridized carbons (Fsp3) is 0. The molecule has 6 heteroatoms. The zero-order valence-corrected chi connectivity index (χ0v) is 16.3. The highest BCUT2D eigenvalue weighted by atomic mass is 127. The lowest BCUT2D eigenvalue weighted by Gasteiger charge is -2.10. The van der Waals surface area contributed by atoms with E-state index in [2.05, 4.69) is 27.9 Å². The van der Waals surface area contributed by atoms with E-state index in [-0.39, 0.29) is 11.6 Å². The summed E-state index contributed by atoms with van der Waals surface area (Å²) in [6.45, 7) is 0. The summed E-state index contributed by atoms with van der Waals surface area (Å²) in [5.74, 6) is -0.249. The number of carbonyl (C=O) groups is 1. The zero-order chi connectivity index (χ0) is 19.2. The first kappa shape index (κ1) is 18.8. The SMILES string of the molecule is O=C(Nc1ccc(I)cc1)/C(=C/c1ccc([N+](=O)[O-])cc1)c1ccccc1. The van der Waals surface area contributed by atoms with Crippen molar-refractivity contribution in [3.05, 3.63) is 104 Å². The first-order chi connectivity index (χ1) is 13.0. The molecular formula is C21H15IN2O3. The average Bonchev–Trinajstić information content (AvgIpc) is 2.69. The Morgan fingerprint density at radius 1 is 0.926 bits per heavy atom. The van der Waals surface area contributed by atoms with Crippen LogP contribution < -0.4 is 5.32 Å². The number of nitro benzene ring substituents is 1. The fourth-order valence-electron chi connectivity index (χ4n) is 2.49. The first-order valence-electron chi connectivity index (χ1n) is 8.11. The number of amides is 1. The van der Waals surface area contributed by atoms with Crippen molar-refractivity contribution in [1.82, 2.24) is 0 Å². The van der Waals surface area contributed by atoms with Gasteiger partial charge < -0.3 is 5.32 Å². The van der Waals surface area contributed by atoms with E-state index in [1.165, 1.54) is 12.1 Å². The molecule has 0 spiro atoms. The van der Waals surface area contributed by atoms with Gasteiger partial charge in [0, 0.05) is 27.0 Å². The number of halogens is 1. The number of anilines is 1. The van der Waals surface area contributed by atoms with Gasteiger partial charge in [-0.1, -0.05) is 30.3 Å². The monoisotopic (exact) mass is 470 g/mol. The van der Waals surface area contributed by atoms with E-state index >= 15 is 0 Å². The van der Waals surface area contributed by atoms with Crippen LogP contribution >= 0.6 is 22.6 Å². The van der Waals surface area contributed by atoms with E-state index < -0.39 is 4.92 Å². The van der Waals surface area contributed by atoms with Gasteiger partial charge in [0.1, 0.15) is 0 Å². The van der Waals surface area contributed by atoms with Crippen molar-refractivity contribution in [2.75, 3.05) is 5.32 Å². The second kappa shape index (κ2) is 8.59. The second-order valence-electron chi connectivity index (χ2n) is 5.73. The van der Waals surface area contributed by atoms with Crippen LogP contribution in [0.25, 0.3) is 11.6 Å². The van der Waals surface area contributed by atoms with E-state index in [4.69, 9.17) is 0 Å². The Kier molecular flexibility index (Phi) is 5.97. The van der Waals surface area contributed by atoms with Gasteiger partial charge in [-0.2, -0.15) is 0 Å². The number of benzene rings is 3. The Hall–Kier alpha value is -3.00. The van der Waals surface area contributed by atoms with Crippen LogP contribution in [-0.4, -0.2) is 10.8 Å². The minimum absolute atomic E-state index is 0.0109. The number of hydrogen-bond acceptors (Lipinski definition) is 3. The zero-order valence-electron chi connectivity index (χ0n) is 14.1. The summed E-state index contributed by atoms with van der Waals surface area (Å²) in [6.07, 6.45) is 1.72. The van der Waals surface area contributed by atoms with Crippen molar-refractivity contribution in [2.45, 2.75) is 0 Å². The van der Waals surface area contributed by atoms with E-state index in [1.807, 2.05) is 54.6 Å². The number of non-ortho nitro benzene ring substituents is 1. The van der Waals surface area contributed by atoms with E-state index in [1.54, 1.807) is 18.2 Å². The molecule has 0 aliphatic heterocycles. The molecule has 0 aliphatic carbocycles. The van der Waals surface area contributed by atoms with Crippen LogP contribution in [-0.2, 0) is 4.79 Å². The molecule has 1 N–H and O–H groups in total. The molecule has 0 aliphatic rings. The third-order valence-corrected chi connectivity index (χ3v) is 4.57. The average molecular weight is 470 g/mol. The van der Waals surface area contributed by atoms with Gasteiger partial charge in [-0.3, -0.25) is 14.9 Å². The Labute approximate surface area is 170 Å². The number of nitrogens with zero attached hydrogens (tertiary/aromatic N) is 1. The number of hydrogen-bond donors (Lipinski definition) is 1. The lowest BCUT2D eigenvalue weighted by molar-refractivity contribution is -0.384. The van der Waals surface area contributed by atoms with Crippen molar-refractivity contribution in [1.29, 1.82) is 0 Å². The minimum Gasteiger partial charge on any atom is -0.322 e. The Morgan fingerprint density at radius 3 is 2.15 bits per heavy atom. The summed E-state index contributed by atoms with van der Waals surface area (Å²) in [7, 11) is 0. The molecule has 0 saturated heterocycles. The topological polar surface area (TPSA) is 72.2 Å². The van der Waals surface area contributed by atoms with Crippen LogP contribution in [0.1, 0.15) is 11.1 Å². The minimum atomic E-state index is -0.449. The quantitative estimate of drug-likeness (QED) is 0.179. The molecule has 3 rings (SSSR count). The maximum absolute atomic E-state index is 12.9. The third-order valence-electron chi connectivity index (χ3n) is 3.85. The number of nitro groups is 1. The molecule has 0 bridgehead atoms. The van der Waals surface area contributed by atoms with Crippen LogP contribution in [0.15, 0.2) is 78.9 Å². The summed E-state index contributed by atoms with van der Waals surface area (Å²) in [5, 5.41) is 13.7. The van der Waals surface area contributed by atoms with E-state index in [9.17, 15) is 14.9 Å². The Bertz CT molecular complexity index is 982. The van der Waals surface area contributed by atoms with Gasteiger partial charge in [0.2, 0.25) is 0 Å². The van der Waals surface area contributed by atoms with Crippen LogP contribution in [0.2, 0.25) is 0 Å². The molecular weight excluding hydrogens is 455 g/mol. The van der Waals surface area contributed by atoms with Gasteiger partial charge in [-0.15, -0.1) is 0 Å². The number of carbonyl (C=O) groups excluding carboxylic acids is 1. The molecule has 134 valence electrons. The standard InChI is InChI=1S/C21H15IN2O3/c22-17-8-10-18(11-9-17)23-21(25)20(16-4-2-1-3-5-16)14-15-6-12-19(13-7-15)24(26)27/h1-14H,(H,23,25)/b20-14+. The summed E-state index contributed by atoms with van der Waals surface area (Å²) >= 11 is 2.20.